The third kappa shape index (κ3) is 4.08. The summed E-state index contributed by atoms with van der Waals surface area (Å²) in [5.74, 6) is -0.276. The highest BCUT2D eigenvalue weighted by molar-refractivity contribution is 5.95. The van der Waals surface area contributed by atoms with Crippen molar-refractivity contribution in [3.8, 4) is 0 Å². The smallest absolute Gasteiger partial charge is 0.244 e. The van der Waals surface area contributed by atoms with E-state index in [-0.39, 0.29) is 23.9 Å². The number of hydrogen-bond donors (Lipinski definition) is 1. The fraction of sp³-hybridized carbons (Fsp3) is 0.500. The number of aryl methyl sites for hydroxylation is 2. The number of hydrogen-bond acceptors (Lipinski definition) is 2. The summed E-state index contributed by atoms with van der Waals surface area (Å²) in [6.45, 7) is 11.2. The van der Waals surface area contributed by atoms with E-state index in [4.69, 9.17) is 0 Å². The molecule has 1 N–H and O–H groups in total. The Morgan fingerprint density at radius 3 is 2.05 bits per heavy atom. The largest absolute Gasteiger partial charge is 0.329 e. The highest BCUT2D eigenvalue weighted by Crippen LogP contribution is 2.20. The molecule has 0 aliphatic heterocycles. The zero-order valence-corrected chi connectivity index (χ0v) is 13.2. The van der Waals surface area contributed by atoms with E-state index in [1.165, 1.54) is 6.92 Å². The lowest BCUT2D eigenvalue weighted by Gasteiger charge is -2.34. The highest BCUT2D eigenvalue weighted by Gasteiger charge is 2.26. The van der Waals surface area contributed by atoms with Crippen LogP contribution in [0.2, 0.25) is 0 Å². The normalized spacial score (nSPS) is 11.1. The summed E-state index contributed by atoms with van der Waals surface area (Å²) in [6.07, 6.45) is 0. The first-order valence-electron chi connectivity index (χ1n) is 6.77. The molecule has 0 fully saturated rings. The minimum atomic E-state index is -0.371. The average molecular weight is 276 g/mol. The summed E-state index contributed by atoms with van der Waals surface area (Å²) in [7, 11) is 0. The van der Waals surface area contributed by atoms with E-state index in [0.717, 1.165) is 16.8 Å². The van der Waals surface area contributed by atoms with Gasteiger partial charge in [-0.2, -0.15) is 0 Å². The van der Waals surface area contributed by atoms with Crippen LogP contribution >= 0.6 is 0 Å². The van der Waals surface area contributed by atoms with E-state index in [1.807, 2.05) is 52.8 Å². The van der Waals surface area contributed by atoms with Crippen molar-refractivity contribution >= 4 is 17.5 Å². The van der Waals surface area contributed by atoms with Crippen LogP contribution in [0, 0.1) is 13.8 Å². The average Bonchev–Trinajstić information content (AvgIpc) is 2.29. The number of carbonyl (C=O) groups excluding carboxylic acids is 2. The summed E-state index contributed by atoms with van der Waals surface area (Å²) in [4.78, 5) is 25.4. The quantitative estimate of drug-likeness (QED) is 0.923. The maximum atomic E-state index is 12.2. The molecule has 0 unspecified atom stereocenters. The Morgan fingerprint density at radius 2 is 1.65 bits per heavy atom. The minimum absolute atomic E-state index is 0.0621. The van der Waals surface area contributed by atoms with Gasteiger partial charge in [0.15, 0.2) is 0 Å². The molecule has 0 saturated carbocycles. The zero-order valence-electron chi connectivity index (χ0n) is 13.2. The van der Waals surface area contributed by atoms with Gasteiger partial charge in [0, 0.05) is 18.2 Å². The third-order valence-electron chi connectivity index (χ3n) is 3.24. The standard InChI is InChI=1S/C16H24N2O2/c1-11-8-7-9-12(2)15(11)17-14(20)10-18(13(3)19)16(4,5)6/h7-9H,10H2,1-6H3,(H,17,20). The molecule has 110 valence electrons. The Kier molecular flexibility index (Phi) is 4.93. The van der Waals surface area contributed by atoms with Crippen LogP contribution in [0.3, 0.4) is 0 Å². The number of nitrogens with one attached hydrogen (secondary N) is 1. The lowest BCUT2D eigenvalue weighted by molar-refractivity contribution is -0.137. The molecule has 1 aromatic rings. The molecule has 0 aliphatic rings. The first-order chi connectivity index (χ1) is 9.12. The van der Waals surface area contributed by atoms with E-state index >= 15 is 0 Å². The van der Waals surface area contributed by atoms with Gasteiger partial charge < -0.3 is 10.2 Å². The summed E-state index contributed by atoms with van der Waals surface area (Å²) >= 11 is 0. The number of carbonyl (C=O) groups is 2. The van der Waals surface area contributed by atoms with E-state index < -0.39 is 0 Å². The van der Waals surface area contributed by atoms with Crippen LogP contribution in [-0.2, 0) is 9.59 Å². The van der Waals surface area contributed by atoms with Gasteiger partial charge in [-0.05, 0) is 45.7 Å². The van der Waals surface area contributed by atoms with Gasteiger partial charge in [-0.15, -0.1) is 0 Å². The zero-order chi connectivity index (χ0) is 15.5. The first-order valence-corrected chi connectivity index (χ1v) is 6.77. The van der Waals surface area contributed by atoms with Gasteiger partial charge >= 0.3 is 0 Å². The van der Waals surface area contributed by atoms with Crippen LogP contribution in [0.25, 0.3) is 0 Å². The van der Waals surface area contributed by atoms with E-state index in [9.17, 15) is 9.59 Å². The third-order valence-corrected chi connectivity index (χ3v) is 3.24. The lowest BCUT2D eigenvalue weighted by atomic mass is 10.1. The topological polar surface area (TPSA) is 49.4 Å². The van der Waals surface area contributed by atoms with Crippen LogP contribution < -0.4 is 5.32 Å². The van der Waals surface area contributed by atoms with Crippen molar-refractivity contribution in [3.05, 3.63) is 29.3 Å². The van der Waals surface area contributed by atoms with Crippen molar-refractivity contribution in [2.75, 3.05) is 11.9 Å². The predicted molar refractivity (Wildman–Crippen MR) is 81.7 cm³/mol. The Labute approximate surface area is 121 Å². The summed E-state index contributed by atoms with van der Waals surface area (Å²) < 4.78 is 0. The fourth-order valence-electron chi connectivity index (χ4n) is 2.16. The van der Waals surface area contributed by atoms with Gasteiger partial charge in [-0.3, -0.25) is 9.59 Å². The van der Waals surface area contributed by atoms with Crippen LogP contribution in [0.5, 0.6) is 0 Å². The molecular weight excluding hydrogens is 252 g/mol. The second-order valence-corrected chi connectivity index (χ2v) is 6.09. The van der Waals surface area contributed by atoms with Crippen LogP contribution in [0.1, 0.15) is 38.8 Å². The molecule has 0 aliphatic carbocycles. The number of para-hydroxylation sites is 1. The highest BCUT2D eigenvalue weighted by atomic mass is 16.2. The van der Waals surface area contributed by atoms with Crippen molar-refractivity contribution in [2.45, 2.75) is 47.1 Å². The van der Waals surface area contributed by atoms with E-state index in [1.54, 1.807) is 4.90 Å². The number of nitrogens with zero attached hydrogens (tertiary/aromatic N) is 1. The van der Waals surface area contributed by atoms with Gasteiger partial charge in [-0.25, -0.2) is 0 Å². The lowest BCUT2D eigenvalue weighted by Crippen LogP contribution is -2.48. The molecule has 4 heteroatoms. The fourth-order valence-corrected chi connectivity index (χ4v) is 2.16. The molecule has 20 heavy (non-hydrogen) atoms. The van der Waals surface area contributed by atoms with Gasteiger partial charge in [0.1, 0.15) is 6.54 Å². The molecule has 1 aromatic carbocycles. The maximum Gasteiger partial charge on any atom is 0.244 e. The van der Waals surface area contributed by atoms with E-state index in [2.05, 4.69) is 5.32 Å². The van der Waals surface area contributed by atoms with Crippen LogP contribution in [0.15, 0.2) is 18.2 Å². The predicted octanol–water partition coefficient (Wildman–Crippen LogP) is 2.89. The Hall–Kier alpha value is -1.84. The summed E-state index contributed by atoms with van der Waals surface area (Å²) in [6, 6.07) is 5.86. The number of anilines is 1. The number of benzene rings is 1. The Morgan fingerprint density at radius 1 is 1.15 bits per heavy atom. The summed E-state index contributed by atoms with van der Waals surface area (Å²) in [5, 5.41) is 2.90. The SMILES string of the molecule is CC(=O)N(CC(=O)Nc1c(C)cccc1C)C(C)(C)C. The van der Waals surface area contributed by atoms with Gasteiger partial charge in [0.25, 0.3) is 0 Å². The van der Waals surface area contributed by atoms with Gasteiger partial charge in [-0.1, -0.05) is 18.2 Å². The molecule has 1 rings (SSSR count). The van der Waals surface area contributed by atoms with Crippen LogP contribution in [-0.4, -0.2) is 28.8 Å². The summed E-state index contributed by atoms with van der Waals surface area (Å²) in [5.41, 5.74) is 2.49. The van der Waals surface area contributed by atoms with Crippen molar-refractivity contribution in [2.24, 2.45) is 0 Å². The monoisotopic (exact) mass is 276 g/mol. The Bertz CT molecular complexity index is 495. The molecule has 0 bridgehead atoms. The van der Waals surface area contributed by atoms with Gasteiger partial charge in [0.05, 0.1) is 0 Å². The number of amides is 2. The Balaban J connectivity index is 2.84. The van der Waals surface area contributed by atoms with Crippen molar-refractivity contribution in [3.63, 3.8) is 0 Å². The second-order valence-electron chi connectivity index (χ2n) is 6.09. The molecule has 0 heterocycles. The van der Waals surface area contributed by atoms with E-state index in [0.29, 0.717) is 0 Å². The molecular formula is C16H24N2O2. The van der Waals surface area contributed by atoms with Crippen molar-refractivity contribution in [1.82, 2.24) is 4.90 Å². The van der Waals surface area contributed by atoms with Crippen LogP contribution in [0.4, 0.5) is 5.69 Å². The van der Waals surface area contributed by atoms with Gasteiger partial charge in [0.2, 0.25) is 11.8 Å². The maximum absolute atomic E-state index is 12.2. The number of rotatable bonds is 3. The van der Waals surface area contributed by atoms with Crippen molar-refractivity contribution < 1.29 is 9.59 Å². The van der Waals surface area contributed by atoms with Crippen molar-refractivity contribution in [1.29, 1.82) is 0 Å². The first kappa shape index (κ1) is 16.2. The molecule has 0 saturated heterocycles. The molecule has 2 amide bonds. The molecule has 0 atom stereocenters. The minimum Gasteiger partial charge on any atom is -0.329 e. The second kappa shape index (κ2) is 6.07. The molecule has 0 aromatic heterocycles. The molecule has 4 nitrogen and oxygen atoms in total. The molecule has 0 radical (unpaired) electrons. The molecule has 0 spiro atoms.